The van der Waals surface area contributed by atoms with Crippen LogP contribution in [0.4, 0.5) is 0 Å². The molecule has 5 atom stereocenters. The van der Waals surface area contributed by atoms with Gasteiger partial charge in [-0.25, -0.2) is 9.13 Å². The number of esters is 4. The van der Waals surface area contributed by atoms with E-state index in [2.05, 4.69) is 34.6 Å². The fraction of sp³-hybridized carbons (Fsp3) is 0.944. The number of phosphoric acid groups is 2. The number of unbranched alkanes of at least 4 members (excludes halogenated alkanes) is 44. The molecule has 0 aromatic carbocycles. The van der Waals surface area contributed by atoms with Gasteiger partial charge in [-0.2, -0.15) is 0 Å². The molecule has 0 saturated carbocycles. The molecular formula is C72H140O17P2. The molecule has 540 valence electrons. The Hall–Kier alpha value is -1.94. The smallest absolute Gasteiger partial charge is 0.462 e. The Labute approximate surface area is 556 Å². The largest absolute Gasteiger partial charge is 0.472 e. The number of aliphatic hydroxyl groups is 1. The number of phosphoric ester groups is 2. The first-order valence-electron chi connectivity index (χ1n) is 37.6. The number of aliphatic hydroxyl groups excluding tert-OH is 1. The molecule has 3 N–H and O–H groups in total. The molecule has 0 radical (unpaired) electrons. The van der Waals surface area contributed by atoms with E-state index in [0.29, 0.717) is 25.7 Å². The molecule has 0 aliphatic carbocycles. The lowest BCUT2D eigenvalue weighted by Crippen LogP contribution is -2.30. The van der Waals surface area contributed by atoms with E-state index in [1.807, 2.05) is 0 Å². The van der Waals surface area contributed by atoms with E-state index in [4.69, 9.17) is 37.0 Å². The summed E-state index contributed by atoms with van der Waals surface area (Å²) in [6.07, 6.45) is 52.5. The summed E-state index contributed by atoms with van der Waals surface area (Å²) < 4.78 is 68.4. The maximum atomic E-state index is 13.0. The van der Waals surface area contributed by atoms with Crippen molar-refractivity contribution in [3.8, 4) is 0 Å². The first-order chi connectivity index (χ1) is 44.0. The Morgan fingerprint density at radius 3 is 0.747 bits per heavy atom. The highest BCUT2D eigenvalue weighted by molar-refractivity contribution is 7.47. The summed E-state index contributed by atoms with van der Waals surface area (Å²) >= 11 is 0. The maximum absolute atomic E-state index is 13.0. The third-order valence-corrected chi connectivity index (χ3v) is 18.7. The highest BCUT2D eigenvalue weighted by Gasteiger charge is 2.30. The van der Waals surface area contributed by atoms with E-state index in [1.54, 1.807) is 0 Å². The lowest BCUT2D eigenvalue weighted by molar-refractivity contribution is -0.161. The lowest BCUT2D eigenvalue weighted by atomic mass is 10.0. The third kappa shape index (κ3) is 66.5. The fourth-order valence-electron chi connectivity index (χ4n) is 11.0. The summed E-state index contributed by atoms with van der Waals surface area (Å²) in [5.74, 6) is -1.36. The molecule has 2 unspecified atom stereocenters. The number of ether oxygens (including phenoxy) is 4. The first-order valence-corrected chi connectivity index (χ1v) is 40.6. The van der Waals surface area contributed by atoms with Crippen molar-refractivity contribution in [2.45, 2.75) is 393 Å². The van der Waals surface area contributed by atoms with Crippen LogP contribution in [-0.2, 0) is 65.4 Å². The molecule has 0 fully saturated rings. The minimum Gasteiger partial charge on any atom is -0.462 e. The molecule has 17 nitrogen and oxygen atoms in total. The van der Waals surface area contributed by atoms with Crippen molar-refractivity contribution in [2.75, 3.05) is 39.6 Å². The quantitative estimate of drug-likeness (QED) is 0.0222. The summed E-state index contributed by atoms with van der Waals surface area (Å²) in [6, 6.07) is 0. The predicted molar refractivity (Wildman–Crippen MR) is 368 cm³/mol. The highest BCUT2D eigenvalue weighted by atomic mass is 31.2. The molecule has 0 spiro atoms. The molecule has 0 aromatic rings. The van der Waals surface area contributed by atoms with Crippen molar-refractivity contribution in [3.63, 3.8) is 0 Å². The predicted octanol–water partition coefficient (Wildman–Crippen LogP) is 20.9. The van der Waals surface area contributed by atoms with Crippen molar-refractivity contribution in [2.24, 2.45) is 5.92 Å². The van der Waals surface area contributed by atoms with Crippen molar-refractivity contribution in [1.29, 1.82) is 0 Å². The lowest BCUT2D eigenvalue weighted by Gasteiger charge is -2.21. The van der Waals surface area contributed by atoms with E-state index in [9.17, 15) is 43.2 Å². The van der Waals surface area contributed by atoms with Gasteiger partial charge >= 0.3 is 39.5 Å². The van der Waals surface area contributed by atoms with E-state index in [0.717, 1.165) is 95.8 Å². The zero-order valence-electron chi connectivity index (χ0n) is 59.0. The number of hydrogen-bond donors (Lipinski definition) is 3. The maximum Gasteiger partial charge on any atom is 0.472 e. The molecule has 0 bridgehead atoms. The van der Waals surface area contributed by atoms with Gasteiger partial charge in [0.05, 0.1) is 26.4 Å². The summed E-state index contributed by atoms with van der Waals surface area (Å²) in [6.45, 7) is 7.26. The van der Waals surface area contributed by atoms with Gasteiger partial charge in [-0.05, 0) is 31.6 Å². The molecule has 19 heteroatoms. The van der Waals surface area contributed by atoms with Gasteiger partial charge in [-0.15, -0.1) is 0 Å². The molecule has 0 aliphatic rings. The minimum absolute atomic E-state index is 0.108. The van der Waals surface area contributed by atoms with E-state index in [1.165, 1.54) is 199 Å². The standard InChI is InChI=1S/C72H140O17P2/c1-6-9-12-15-18-21-24-26-28-31-38-43-48-53-58-72(77)89-68(62-83-70(75)56-51-46-41-36-33-32-34-39-44-49-54-65(4)5)64-87-91(80,81)85-60-66(73)59-84-90(78,79)86-63-67(61-82-69(74)55-50-45-40-35-29-23-20-17-14-11-8-3)88-71(76)57-52-47-42-37-30-27-25-22-19-16-13-10-7-2/h65-68,73H,6-64H2,1-5H3,(H,78,79)(H,80,81)/t66-,67+,68+/m0/s1. The van der Waals surface area contributed by atoms with Gasteiger partial charge in [-0.3, -0.25) is 37.3 Å². The topological polar surface area (TPSA) is 237 Å². The van der Waals surface area contributed by atoms with E-state index >= 15 is 0 Å². The Morgan fingerprint density at radius 2 is 0.505 bits per heavy atom. The molecule has 0 aliphatic heterocycles. The van der Waals surface area contributed by atoms with Crippen LogP contribution in [0.15, 0.2) is 0 Å². The molecule has 0 heterocycles. The highest BCUT2D eigenvalue weighted by Crippen LogP contribution is 2.45. The second kappa shape index (κ2) is 65.4. The summed E-state index contributed by atoms with van der Waals surface area (Å²) in [7, 11) is -9.90. The fourth-order valence-corrected chi connectivity index (χ4v) is 12.6. The Bertz CT molecular complexity index is 1750. The average Bonchev–Trinajstić information content (AvgIpc) is 3.04. The van der Waals surface area contributed by atoms with Crippen molar-refractivity contribution >= 4 is 39.5 Å². The number of carbonyl (C=O) groups excluding carboxylic acids is 4. The van der Waals surface area contributed by atoms with Gasteiger partial charge in [0, 0.05) is 25.7 Å². The average molecular weight is 1340 g/mol. The van der Waals surface area contributed by atoms with Crippen LogP contribution in [0.3, 0.4) is 0 Å². The Morgan fingerprint density at radius 1 is 0.297 bits per heavy atom. The van der Waals surface area contributed by atoms with Crippen LogP contribution in [0.1, 0.15) is 375 Å². The van der Waals surface area contributed by atoms with Crippen LogP contribution in [-0.4, -0.2) is 96.7 Å². The zero-order valence-corrected chi connectivity index (χ0v) is 60.8. The van der Waals surface area contributed by atoms with Gasteiger partial charge in [-0.1, -0.05) is 324 Å². The Kier molecular flexibility index (Phi) is 64.0. The number of carbonyl (C=O) groups is 4. The normalized spacial score (nSPS) is 14.0. The molecule has 91 heavy (non-hydrogen) atoms. The molecule has 0 rings (SSSR count). The van der Waals surface area contributed by atoms with Crippen LogP contribution in [0, 0.1) is 5.92 Å². The zero-order chi connectivity index (χ0) is 67.0. The minimum atomic E-state index is -4.95. The van der Waals surface area contributed by atoms with Gasteiger partial charge in [0.1, 0.15) is 19.3 Å². The summed E-state index contributed by atoms with van der Waals surface area (Å²) in [5.41, 5.74) is 0. The summed E-state index contributed by atoms with van der Waals surface area (Å²) in [4.78, 5) is 72.6. The summed E-state index contributed by atoms with van der Waals surface area (Å²) in [5, 5.41) is 10.6. The van der Waals surface area contributed by atoms with E-state index < -0.39 is 97.5 Å². The molecular weight excluding hydrogens is 1200 g/mol. The van der Waals surface area contributed by atoms with Crippen LogP contribution in [0.2, 0.25) is 0 Å². The van der Waals surface area contributed by atoms with Crippen LogP contribution >= 0.6 is 15.6 Å². The van der Waals surface area contributed by atoms with Crippen molar-refractivity contribution < 1.29 is 80.2 Å². The van der Waals surface area contributed by atoms with Gasteiger partial charge < -0.3 is 33.8 Å². The second-order valence-electron chi connectivity index (χ2n) is 26.5. The van der Waals surface area contributed by atoms with Crippen LogP contribution < -0.4 is 0 Å². The third-order valence-electron chi connectivity index (χ3n) is 16.8. The Balaban J connectivity index is 5.26. The number of hydrogen-bond acceptors (Lipinski definition) is 15. The first kappa shape index (κ1) is 89.1. The van der Waals surface area contributed by atoms with Crippen LogP contribution in [0.5, 0.6) is 0 Å². The van der Waals surface area contributed by atoms with Crippen molar-refractivity contribution in [3.05, 3.63) is 0 Å². The van der Waals surface area contributed by atoms with Gasteiger partial charge in [0.15, 0.2) is 12.2 Å². The molecule has 0 amide bonds. The monoisotopic (exact) mass is 1340 g/mol. The number of rotatable bonds is 72. The molecule has 0 aromatic heterocycles. The molecule has 0 saturated heterocycles. The SMILES string of the molecule is CCCCCCCCCCCCCCCCC(=O)O[C@H](COC(=O)CCCCCCCCCCCCC(C)C)COP(=O)(O)OC[C@@H](O)COP(=O)(O)OC[C@@H](COC(=O)CCCCCCCCCCCCC)OC(=O)CCCCCCCCCCCCCCC. The second-order valence-corrected chi connectivity index (χ2v) is 29.4. The van der Waals surface area contributed by atoms with Crippen molar-refractivity contribution in [1.82, 2.24) is 0 Å². The van der Waals surface area contributed by atoms with Gasteiger partial charge in [0.25, 0.3) is 0 Å². The van der Waals surface area contributed by atoms with E-state index in [-0.39, 0.29) is 25.7 Å². The van der Waals surface area contributed by atoms with Gasteiger partial charge in [0.2, 0.25) is 0 Å². The van der Waals surface area contributed by atoms with Crippen LogP contribution in [0.25, 0.3) is 0 Å².